The van der Waals surface area contributed by atoms with E-state index < -0.39 is 11.7 Å². The van der Waals surface area contributed by atoms with E-state index in [1.54, 1.807) is 13.0 Å². The van der Waals surface area contributed by atoms with Gasteiger partial charge in [-0.2, -0.15) is 4.68 Å². The number of carbonyl (C=O) groups is 1. The maximum Gasteiger partial charge on any atom is 0.280 e. The van der Waals surface area contributed by atoms with Crippen LogP contribution in [0.1, 0.15) is 40.4 Å². The van der Waals surface area contributed by atoms with Gasteiger partial charge >= 0.3 is 0 Å². The molecule has 23 heavy (non-hydrogen) atoms. The van der Waals surface area contributed by atoms with E-state index in [9.17, 15) is 9.18 Å². The minimum Gasteiger partial charge on any atom is -0.382 e. The van der Waals surface area contributed by atoms with Crippen LogP contribution in [-0.4, -0.2) is 20.7 Å². The molecule has 116 valence electrons. The minimum absolute atomic E-state index is 0.247. The van der Waals surface area contributed by atoms with E-state index in [1.807, 2.05) is 12.1 Å². The van der Waals surface area contributed by atoms with Crippen LogP contribution in [0, 0.1) is 12.7 Å². The molecule has 1 aliphatic carbocycles. The van der Waals surface area contributed by atoms with Crippen LogP contribution in [0.3, 0.4) is 0 Å². The van der Waals surface area contributed by atoms with E-state index in [-0.39, 0.29) is 16.9 Å². The van der Waals surface area contributed by atoms with Crippen molar-refractivity contribution in [3.8, 4) is 0 Å². The molecule has 5 nitrogen and oxygen atoms in total. The molecule has 4 rings (SSSR count). The quantitative estimate of drug-likeness (QED) is 0.789. The number of fused-ring (bicyclic) bond motifs is 1. The lowest BCUT2D eigenvalue weighted by molar-refractivity contribution is 0.0949. The molecule has 3 aromatic rings. The van der Waals surface area contributed by atoms with E-state index in [0.29, 0.717) is 17.0 Å². The second kappa shape index (κ2) is 4.87. The van der Waals surface area contributed by atoms with Crippen molar-refractivity contribution in [1.29, 1.82) is 0 Å². The Morgan fingerprint density at radius 1 is 1.30 bits per heavy atom. The highest BCUT2D eigenvalue weighted by Crippen LogP contribution is 2.39. The lowest BCUT2D eigenvalue weighted by Gasteiger charge is -2.06. The Morgan fingerprint density at radius 3 is 2.83 bits per heavy atom. The van der Waals surface area contributed by atoms with Crippen LogP contribution < -0.4 is 5.73 Å². The third-order valence-corrected chi connectivity index (χ3v) is 4.27. The van der Waals surface area contributed by atoms with Crippen LogP contribution in [0.15, 0.2) is 30.3 Å². The molecule has 0 radical (unpaired) electrons. The van der Waals surface area contributed by atoms with Gasteiger partial charge < -0.3 is 5.73 Å². The fourth-order valence-electron chi connectivity index (χ4n) is 2.73. The topological polar surface area (TPSA) is 73.8 Å². The van der Waals surface area contributed by atoms with Gasteiger partial charge in [0.15, 0.2) is 11.5 Å². The first-order valence-electron chi connectivity index (χ1n) is 7.51. The summed E-state index contributed by atoms with van der Waals surface area (Å²) in [4.78, 5) is 17.3. The molecular formula is C17H15FN4O. The summed E-state index contributed by atoms with van der Waals surface area (Å²) in [6.07, 6.45) is 2.22. The van der Waals surface area contributed by atoms with Gasteiger partial charge in [-0.15, -0.1) is 5.10 Å². The summed E-state index contributed by atoms with van der Waals surface area (Å²) < 4.78 is 14.9. The number of anilines is 1. The Kier molecular flexibility index (Phi) is 2.94. The van der Waals surface area contributed by atoms with Crippen molar-refractivity contribution in [3.63, 3.8) is 0 Å². The smallest absolute Gasteiger partial charge is 0.280 e. The SMILES string of the molecule is Cc1c(F)cccc1C(=O)n1nc(N)c2ccc(C3CC3)nc21. The van der Waals surface area contributed by atoms with Crippen molar-refractivity contribution in [2.45, 2.75) is 25.7 Å². The third kappa shape index (κ3) is 2.18. The Bertz CT molecular complexity index is 943. The van der Waals surface area contributed by atoms with Gasteiger partial charge in [0.1, 0.15) is 5.82 Å². The summed E-state index contributed by atoms with van der Waals surface area (Å²) >= 11 is 0. The van der Waals surface area contributed by atoms with Gasteiger partial charge in [-0.3, -0.25) is 4.79 Å². The molecule has 0 aliphatic heterocycles. The number of hydrogen-bond acceptors (Lipinski definition) is 4. The van der Waals surface area contributed by atoms with Crippen molar-refractivity contribution in [2.24, 2.45) is 0 Å². The summed E-state index contributed by atoms with van der Waals surface area (Å²) in [5.41, 5.74) is 7.83. The second-order valence-electron chi connectivity index (χ2n) is 5.90. The molecule has 1 aliphatic rings. The van der Waals surface area contributed by atoms with Gasteiger partial charge in [-0.05, 0) is 49.6 Å². The van der Waals surface area contributed by atoms with E-state index >= 15 is 0 Å². The van der Waals surface area contributed by atoms with Crippen LogP contribution in [0.4, 0.5) is 10.2 Å². The highest BCUT2D eigenvalue weighted by Gasteiger charge is 2.27. The lowest BCUT2D eigenvalue weighted by Crippen LogP contribution is -2.16. The van der Waals surface area contributed by atoms with E-state index in [4.69, 9.17) is 5.73 Å². The van der Waals surface area contributed by atoms with Crippen molar-refractivity contribution in [1.82, 2.24) is 14.8 Å². The summed E-state index contributed by atoms with van der Waals surface area (Å²) in [6.45, 7) is 1.57. The molecule has 1 fully saturated rings. The van der Waals surface area contributed by atoms with Gasteiger partial charge in [0.2, 0.25) is 0 Å². The highest BCUT2D eigenvalue weighted by atomic mass is 19.1. The number of benzene rings is 1. The summed E-state index contributed by atoms with van der Waals surface area (Å²) in [6, 6.07) is 8.19. The average molecular weight is 310 g/mol. The molecular weight excluding hydrogens is 295 g/mol. The van der Waals surface area contributed by atoms with Gasteiger partial charge in [0.25, 0.3) is 5.91 Å². The van der Waals surface area contributed by atoms with E-state index in [1.165, 1.54) is 16.8 Å². The monoisotopic (exact) mass is 310 g/mol. The number of aromatic nitrogens is 3. The van der Waals surface area contributed by atoms with Gasteiger partial charge in [0.05, 0.1) is 5.39 Å². The number of carbonyl (C=O) groups excluding carboxylic acids is 1. The number of pyridine rings is 1. The predicted octanol–water partition coefficient (Wildman–Crippen LogP) is 3.03. The third-order valence-electron chi connectivity index (χ3n) is 4.27. The zero-order chi connectivity index (χ0) is 16.1. The number of rotatable bonds is 2. The van der Waals surface area contributed by atoms with Crippen LogP contribution >= 0.6 is 0 Å². The molecule has 0 spiro atoms. The van der Waals surface area contributed by atoms with Crippen LogP contribution in [0.25, 0.3) is 11.0 Å². The molecule has 0 bridgehead atoms. The number of nitrogens with zero attached hydrogens (tertiary/aromatic N) is 3. The fourth-order valence-corrected chi connectivity index (χ4v) is 2.73. The van der Waals surface area contributed by atoms with Gasteiger partial charge in [0, 0.05) is 17.2 Å². The lowest BCUT2D eigenvalue weighted by atomic mass is 10.1. The Labute approximate surface area is 131 Å². The van der Waals surface area contributed by atoms with E-state index in [0.717, 1.165) is 18.5 Å². The molecule has 1 saturated carbocycles. The van der Waals surface area contributed by atoms with Crippen molar-refractivity contribution in [3.05, 3.63) is 53.0 Å². The largest absolute Gasteiger partial charge is 0.382 e. The number of hydrogen-bond donors (Lipinski definition) is 1. The first-order valence-corrected chi connectivity index (χ1v) is 7.51. The molecule has 2 aromatic heterocycles. The maximum absolute atomic E-state index is 13.7. The summed E-state index contributed by atoms with van der Waals surface area (Å²) in [5, 5.41) is 4.75. The van der Waals surface area contributed by atoms with Crippen molar-refractivity contribution >= 4 is 22.8 Å². The Balaban J connectivity index is 1.89. The second-order valence-corrected chi connectivity index (χ2v) is 5.90. The minimum atomic E-state index is -0.427. The average Bonchev–Trinajstić information content (AvgIpc) is 3.34. The molecule has 2 heterocycles. The predicted molar refractivity (Wildman–Crippen MR) is 84.8 cm³/mol. The number of nitrogens with two attached hydrogens (primary N) is 1. The fraction of sp³-hybridized carbons (Fsp3) is 0.235. The number of halogens is 1. The molecule has 6 heteroatoms. The van der Waals surface area contributed by atoms with Crippen molar-refractivity contribution < 1.29 is 9.18 Å². The van der Waals surface area contributed by atoms with Crippen molar-refractivity contribution in [2.75, 3.05) is 5.73 Å². The van der Waals surface area contributed by atoms with Crippen LogP contribution in [0.2, 0.25) is 0 Å². The van der Waals surface area contributed by atoms with Gasteiger partial charge in [-0.25, -0.2) is 9.37 Å². The molecule has 0 unspecified atom stereocenters. The van der Waals surface area contributed by atoms with Gasteiger partial charge in [-0.1, -0.05) is 6.07 Å². The Morgan fingerprint density at radius 2 is 2.09 bits per heavy atom. The first kappa shape index (κ1) is 13.9. The summed E-state index contributed by atoms with van der Waals surface area (Å²) in [7, 11) is 0. The van der Waals surface area contributed by atoms with Crippen LogP contribution in [-0.2, 0) is 0 Å². The molecule has 1 aromatic carbocycles. The standard InChI is InChI=1S/C17H15FN4O/c1-9-11(3-2-4-13(9)18)17(23)22-16-12(15(19)21-22)7-8-14(20-16)10-5-6-10/h2-4,7-8,10H,5-6H2,1H3,(H2,19,21). The molecule has 0 saturated heterocycles. The summed E-state index contributed by atoms with van der Waals surface area (Å²) in [5.74, 6) is -0.150. The zero-order valence-electron chi connectivity index (χ0n) is 12.6. The normalized spacial score (nSPS) is 14.3. The Hall–Kier alpha value is -2.76. The van der Waals surface area contributed by atoms with Crippen LogP contribution in [0.5, 0.6) is 0 Å². The number of nitrogen functional groups attached to an aromatic ring is 1. The molecule has 0 amide bonds. The first-order chi connectivity index (χ1) is 11.1. The van der Waals surface area contributed by atoms with E-state index in [2.05, 4.69) is 10.1 Å². The highest BCUT2D eigenvalue weighted by molar-refractivity contribution is 6.03. The molecule has 0 atom stereocenters. The molecule has 2 N–H and O–H groups in total. The maximum atomic E-state index is 13.7. The zero-order valence-corrected chi connectivity index (χ0v) is 12.6.